The maximum absolute atomic E-state index is 5.48. The molecule has 0 spiro atoms. The summed E-state index contributed by atoms with van der Waals surface area (Å²) < 4.78 is 11.0. The van der Waals surface area contributed by atoms with E-state index in [2.05, 4.69) is 67.9 Å². The number of para-hydroxylation sites is 2. The fraction of sp³-hybridized carbons (Fsp3) is 0.676. The molecular weight excluding hydrogens is 518 g/mol. The summed E-state index contributed by atoms with van der Waals surface area (Å²) in [6, 6.07) is 18.1. The molecule has 248 valence electrons. The molecule has 4 atom stereocenters. The van der Waals surface area contributed by atoms with E-state index in [1.165, 1.54) is 11.1 Å². The summed E-state index contributed by atoms with van der Waals surface area (Å²) in [7, 11) is 0. The van der Waals surface area contributed by atoms with E-state index in [0.717, 1.165) is 44.2 Å². The highest BCUT2D eigenvalue weighted by molar-refractivity contribution is 5.57. The van der Waals surface area contributed by atoms with E-state index in [1.54, 1.807) is 0 Å². The van der Waals surface area contributed by atoms with Gasteiger partial charge in [0.1, 0.15) is 12.4 Å². The zero-order valence-electron chi connectivity index (χ0n) is 30.8. The molecule has 42 heavy (non-hydrogen) atoms. The van der Waals surface area contributed by atoms with Crippen LogP contribution in [0.25, 0.3) is 0 Å². The highest BCUT2D eigenvalue weighted by Gasteiger charge is 2.16. The number of morpholine rings is 1. The third kappa shape index (κ3) is 20.7. The van der Waals surface area contributed by atoms with Crippen LogP contribution in [0.2, 0.25) is 0 Å². The number of fused-ring (bicyclic) bond motifs is 2. The predicted molar refractivity (Wildman–Crippen MR) is 192 cm³/mol. The van der Waals surface area contributed by atoms with Crippen LogP contribution in [0.4, 0.5) is 5.69 Å². The van der Waals surface area contributed by atoms with E-state index in [4.69, 9.17) is 9.47 Å². The molecule has 5 rings (SSSR count). The van der Waals surface area contributed by atoms with Crippen molar-refractivity contribution in [3.05, 3.63) is 59.7 Å². The standard InChI is InChI=1S/C9H11NO.C9H11N.C7H15NO.6C2H6/c1-7-6-11-9-5-3-2-4-8(9)10-7;1-7-9-5-3-2-4-8(9)6-10-7;1-3-7-4-8-6(2)5-9-7;6*1-2/h2-5,7,10H,6H2,1H3;2-5,7,10H,6H2,1H3;6-8H,3-5H2,1-2H3;6*1-2H3. The van der Waals surface area contributed by atoms with Crippen LogP contribution in [0.3, 0.4) is 0 Å². The monoisotopic (exact) mass is 592 g/mol. The smallest absolute Gasteiger partial charge is 0.142 e. The van der Waals surface area contributed by atoms with Gasteiger partial charge in [0.2, 0.25) is 0 Å². The van der Waals surface area contributed by atoms with Crippen LogP contribution >= 0.6 is 0 Å². The summed E-state index contributed by atoms with van der Waals surface area (Å²) in [5.41, 5.74) is 4.02. The van der Waals surface area contributed by atoms with E-state index < -0.39 is 0 Å². The van der Waals surface area contributed by atoms with E-state index in [9.17, 15) is 0 Å². The zero-order chi connectivity index (χ0) is 33.3. The van der Waals surface area contributed by atoms with Gasteiger partial charge in [0, 0.05) is 25.2 Å². The van der Waals surface area contributed by atoms with Gasteiger partial charge in [-0.05, 0) is 50.5 Å². The number of ether oxygens (including phenoxy) is 2. The van der Waals surface area contributed by atoms with Gasteiger partial charge in [-0.2, -0.15) is 0 Å². The van der Waals surface area contributed by atoms with Crippen LogP contribution < -0.4 is 20.7 Å². The van der Waals surface area contributed by atoms with Crippen molar-refractivity contribution in [2.75, 3.05) is 25.1 Å². The summed E-state index contributed by atoms with van der Waals surface area (Å²) in [5, 5.41) is 10.1. The van der Waals surface area contributed by atoms with Crippen molar-refractivity contribution in [2.45, 2.75) is 148 Å². The Morgan fingerprint density at radius 2 is 1.21 bits per heavy atom. The molecule has 0 saturated carbocycles. The third-order valence-corrected chi connectivity index (χ3v) is 5.63. The van der Waals surface area contributed by atoms with Crippen molar-refractivity contribution in [1.82, 2.24) is 10.6 Å². The minimum Gasteiger partial charge on any atom is -0.489 e. The van der Waals surface area contributed by atoms with Crippen LogP contribution in [0.1, 0.15) is 134 Å². The maximum Gasteiger partial charge on any atom is 0.142 e. The first kappa shape index (κ1) is 46.9. The Kier molecular flexibility index (Phi) is 39.2. The van der Waals surface area contributed by atoms with Crippen molar-refractivity contribution in [2.24, 2.45) is 0 Å². The molecule has 3 N–H and O–H groups in total. The largest absolute Gasteiger partial charge is 0.489 e. The van der Waals surface area contributed by atoms with Gasteiger partial charge in [0.15, 0.2) is 0 Å². The Hall–Kier alpha value is -2.08. The Bertz CT molecular complexity index is 777. The Balaban J connectivity index is -0.000000219. The molecular formula is C37H73N3O2. The fourth-order valence-corrected chi connectivity index (χ4v) is 3.72. The molecule has 2 aromatic rings. The Morgan fingerprint density at radius 3 is 1.74 bits per heavy atom. The third-order valence-electron chi connectivity index (χ3n) is 5.63. The number of nitrogens with one attached hydrogen (secondary N) is 3. The van der Waals surface area contributed by atoms with Gasteiger partial charge in [0.05, 0.1) is 24.4 Å². The molecule has 1 saturated heterocycles. The molecule has 3 heterocycles. The summed E-state index contributed by atoms with van der Waals surface area (Å²) in [5.74, 6) is 0.964. The van der Waals surface area contributed by atoms with Crippen molar-refractivity contribution in [3.63, 3.8) is 0 Å². The van der Waals surface area contributed by atoms with Crippen LogP contribution in [0.15, 0.2) is 48.5 Å². The van der Waals surface area contributed by atoms with Crippen molar-refractivity contribution < 1.29 is 9.47 Å². The van der Waals surface area contributed by atoms with Gasteiger partial charge in [-0.3, -0.25) is 0 Å². The minimum atomic E-state index is 0.421. The predicted octanol–water partition coefficient (Wildman–Crippen LogP) is 10.7. The summed E-state index contributed by atoms with van der Waals surface area (Å²) in [4.78, 5) is 0. The van der Waals surface area contributed by atoms with Gasteiger partial charge in [0.25, 0.3) is 0 Å². The highest BCUT2D eigenvalue weighted by atomic mass is 16.5. The number of hydrogen-bond acceptors (Lipinski definition) is 5. The summed E-state index contributed by atoms with van der Waals surface area (Å²) >= 11 is 0. The number of benzene rings is 2. The first-order chi connectivity index (χ1) is 20.6. The lowest BCUT2D eigenvalue weighted by atomic mass is 10.1. The van der Waals surface area contributed by atoms with Crippen LogP contribution in [0, 0.1) is 0 Å². The van der Waals surface area contributed by atoms with E-state index in [-0.39, 0.29) is 0 Å². The molecule has 2 aromatic carbocycles. The molecule has 0 aromatic heterocycles. The molecule has 1 fully saturated rings. The first-order valence-electron chi connectivity index (χ1n) is 17.2. The quantitative estimate of drug-likeness (QED) is 0.308. The Labute approximate surface area is 264 Å². The molecule has 3 aliphatic rings. The molecule has 5 heteroatoms. The summed E-state index contributed by atoms with van der Waals surface area (Å²) in [6.07, 6.45) is 1.58. The van der Waals surface area contributed by atoms with Gasteiger partial charge >= 0.3 is 0 Å². The lowest BCUT2D eigenvalue weighted by molar-refractivity contribution is 0.00650. The van der Waals surface area contributed by atoms with Crippen molar-refractivity contribution in [3.8, 4) is 5.75 Å². The van der Waals surface area contributed by atoms with E-state index in [0.29, 0.717) is 24.2 Å². The van der Waals surface area contributed by atoms with E-state index in [1.807, 2.05) is 107 Å². The van der Waals surface area contributed by atoms with Crippen LogP contribution in [-0.4, -0.2) is 37.9 Å². The maximum atomic E-state index is 5.48. The second-order valence-corrected chi connectivity index (χ2v) is 8.33. The normalized spacial score (nSPS) is 19.7. The Morgan fingerprint density at radius 1 is 0.667 bits per heavy atom. The molecule has 5 nitrogen and oxygen atoms in total. The van der Waals surface area contributed by atoms with Gasteiger partial charge in [-0.15, -0.1) is 0 Å². The van der Waals surface area contributed by atoms with Crippen LogP contribution in [0.5, 0.6) is 5.75 Å². The lowest BCUT2D eigenvalue weighted by Gasteiger charge is -2.27. The average Bonchev–Trinajstić information content (AvgIpc) is 3.48. The molecule has 3 aliphatic heterocycles. The number of anilines is 1. The number of rotatable bonds is 1. The second-order valence-electron chi connectivity index (χ2n) is 8.33. The fourth-order valence-electron chi connectivity index (χ4n) is 3.72. The van der Waals surface area contributed by atoms with Gasteiger partial charge in [-0.1, -0.05) is 126 Å². The highest BCUT2D eigenvalue weighted by Crippen LogP contribution is 2.27. The molecule has 0 amide bonds. The number of hydrogen-bond donors (Lipinski definition) is 3. The summed E-state index contributed by atoms with van der Waals surface area (Å²) in [6.45, 7) is 36.3. The van der Waals surface area contributed by atoms with Gasteiger partial charge < -0.3 is 25.4 Å². The topological polar surface area (TPSA) is 54.5 Å². The van der Waals surface area contributed by atoms with Crippen LogP contribution in [-0.2, 0) is 11.3 Å². The first-order valence-corrected chi connectivity index (χ1v) is 17.2. The SMILES string of the molecule is CC.CC.CC.CC.CC.CC.CC1COc2ccccc2N1.CC1NCc2ccccc21.CCC1CNC(C)CO1. The zero-order valence-corrected chi connectivity index (χ0v) is 30.8. The van der Waals surface area contributed by atoms with E-state index >= 15 is 0 Å². The van der Waals surface area contributed by atoms with Crippen molar-refractivity contribution >= 4 is 5.69 Å². The average molecular weight is 592 g/mol. The van der Waals surface area contributed by atoms with Crippen molar-refractivity contribution in [1.29, 1.82) is 0 Å². The molecule has 0 radical (unpaired) electrons. The molecule has 0 bridgehead atoms. The second kappa shape index (κ2) is 35.1. The van der Waals surface area contributed by atoms with Gasteiger partial charge in [-0.25, -0.2) is 0 Å². The minimum absolute atomic E-state index is 0.421. The lowest BCUT2D eigenvalue weighted by Crippen LogP contribution is -2.44. The molecule has 4 unspecified atom stereocenters. The molecule has 0 aliphatic carbocycles.